The van der Waals surface area contributed by atoms with Crippen LogP contribution in [0.5, 0.6) is 0 Å². The minimum Gasteiger partial charge on any atom is -0.371 e. The predicted molar refractivity (Wildman–Crippen MR) is 92.0 cm³/mol. The van der Waals surface area contributed by atoms with Crippen LogP contribution in [-0.4, -0.2) is 11.0 Å². The van der Waals surface area contributed by atoms with Crippen molar-refractivity contribution in [3.63, 3.8) is 0 Å². The maximum Gasteiger partial charge on any atom is 0.280 e. The van der Waals surface area contributed by atoms with Crippen LogP contribution in [-0.2, 0) is 10.4 Å². The van der Waals surface area contributed by atoms with Crippen molar-refractivity contribution in [1.29, 1.82) is 0 Å². The fourth-order valence-electron chi connectivity index (χ4n) is 2.29. The molecule has 1 heterocycles. The lowest BCUT2D eigenvalue weighted by Crippen LogP contribution is -2.47. The number of aliphatic hydroxyl groups is 1. The molecule has 0 fully saturated rings. The first kappa shape index (κ1) is 15.3. The largest absolute Gasteiger partial charge is 0.371 e. The predicted octanol–water partition coefficient (Wildman–Crippen LogP) is 3.13. The Bertz CT molecular complexity index is 760. The third-order valence-electron chi connectivity index (χ3n) is 3.49. The van der Waals surface area contributed by atoms with Gasteiger partial charge in [0.15, 0.2) is 0 Å². The van der Waals surface area contributed by atoms with Gasteiger partial charge in [-0.05, 0) is 29.1 Å². The molecule has 1 unspecified atom stereocenters. The van der Waals surface area contributed by atoms with E-state index in [1.165, 1.54) is 11.3 Å². The summed E-state index contributed by atoms with van der Waals surface area (Å²) in [7, 11) is 0. The van der Waals surface area contributed by atoms with Crippen molar-refractivity contribution >= 4 is 22.9 Å². The van der Waals surface area contributed by atoms with Crippen LogP contribution in [0.4, 0.5) is 5.69 Å². The fraction of sp³-hybridized carbons (Fsp3) is 0.0556. The van der Waals surface area contributed by atoms with Gasteiger partial charge in [-0.3, -0.25) is 15.6 Å². The molecule has 0 spiro atoms. The third kappa shape index (κ3) is 3.11. The highest BCUT2D eigenvalue weighted by Gasteiger charge is 2.41. The van der Waals surface area contributed by atoms with Gasteiger partial charge in [0.1, 0.15) is 0 Å². The summed E-state index contributed by atoms with van der Waals surface area (Å²) < 4.78 is 0. The van der Waals surface area contributed by atoms with Gasteiger partial charge in [-0.1, -0.05) is 54.6 Å². The van der Waals surface area contributed by atoms with Crippen LogP contribution in [0.15, 0.2) is 78.2 Å². The van der Waals surface area contributed by atoms with E-state index >= 15 is 0 Å². The normalized spacial score (nSPS) is 13.1. The summed E-state index contributed by atoms with van der Waals surface area (Å²) in [5.74, 6) is -0.532. The number of benzene rings is 2. The van der Waals surface area contributed by atoms with E-state index in [1.54, 1.807) is 30.3 Å². The molecule has 3 aromatic rings. The Labute approximate surface area is 138 Å². The van der Waals surface area contributed by atoms with E-state index in [-0.39, 0.29) is 0 Å². The lowest BCUT2D eigenvalue weighted by molar-refractivity contribution is -0.135. The average molecular weight is 324 g/mol. The van der Waals surface area contributed by atoms with Crippen LogP contribution in [0.25, 0.3) is 0 Å². The van der Waals surface area contributed by atoms with Gasteiger partial charge in [0.25, 0.3) is 5.91 Å². The maximum absolute atomic E-state index is 12.7. The summed E-state index contributed by atoms with van der Waals surface area (Å²) in [6.07, 6.45) is 0. The van der Waals surface area contributed by atoms with E-state index in [4.69, 9.17) is 0 Å². The molecule has 1 atom stereocenters. The summed E-state index contributed by atoms with van der Waals surface area (Å²) >= 11 is 1.34. The van der Waals surface area contributed by atoms with Gasteiger partial charge in [-0.25, -0.2) is 0 Å². The molecule has 0 saturated heterocycles. The molecule has 1 amide bonds. The topological polar surface area (TPSA) is 61.4 Å². The van der Waals surface area contributed by atoms with Gasteiger partial charge in [-0.2, -0.15) is 0 Å². The Morgan fingerprint density at radius 3 is 2.17 bits per heavy atom. The van der Waals surface area contributed by atoms with Crippen LogP contribution < -0.4 is 10.9 Å². The second-order valence-electron chi connectivity index (χ2n) is 5.00. The van der Waals surface area contributed by atoms with Crippen LogP contribution >= 0.6 is 11.3 Å². The smallest absolute Gasteiger partial charge is 0.280 e. The van der Waals surface area contributed by atoms with E-state index in [0.29, 0.717) is 10.4 Å². The van der Waals surface area contributed by atoms with Crippen molar-refractivity contribution in [3.05, 3.63) is 88.6 Å². The van der Waals surface area contributed by atoms with Crippen molar-refractivity contribution < 1.29 is 9.90 Å². The van der Waals surface area contributed by atoms with E-state index in [1.807, 2.05) is 47.8 Å². The summed E-state index contributed by atoms with van der Waals surface area (Å²) in [5, 5.41) is 13.0. The Morgan fingerprint density at radius 1 is 0.913 bits per heavy atom. The minimum absolute atomic E-state index is 0.523. The number of amides is 1. The minimum atomic E-state index is -1.74. The fourth-order valence-corrected chi connectivity index (χ4v) is 3.13. The molecular weight excluding hydrogens is 308 g/mol. The summed E-state index contributed by atoms with van der Waals surface area (Å²) in [6, 6.07) is 21.7. The van der Waals surface area contributed by atoms with Crippen molar-refractivity contribution in [2.24, 2.45) is 0 Å². The van der Waals surface area contributed by atoms with Gasteiger partial charge < -0.3 is 5.11 Å². The van der Waals surface area contributed by atoms with Gasteiger partial charge in [0.2, 0.25) is 5.60 Å². The number of anilines is 1. The molecule has 2 aromatic carbocycles. The van der Waals surface area contributed by atoms with Crippen molar-refractivity contribution in [3.8, 4) is 0 Å². The summed E-state index contributed by atoms with van der Waals surface area (Å²) in [5.41, 5.74) is 4.94. The SMILES string of the molecule is O=C(NNc1ccccc1)C(O)(c1ccccc1)c1cccs1. The molecule has 4 nitrogen and oxygen atoms in total. The van der Waals surface area contributed by atoms with E-state index < -0.39 is 11.5 Å². The average Bonchev–Trinajstić information content (AvgIpc) is 3.15. The quantitative estimate of drug-likeness (QED) is 0.632. The van der Waals surface area contributed by atoms with Gasteiger partial charge in [0.05, 0.1) is 10.6 Å². The van der Waals surface area contributed by atoms with Gasteiger partial charge >= 0.3 is 0 Å². The number of rotatable bonds is 5. The summed E-state index contributed by atoms with van der Waals surface area (Å²) in [4.78, 5) is 13.3. The highest BCUT2D eigenvalue weighted by atomic mass is 32.1. The van der Waals surface area contributed by atoms with Crippen molar-refractivity contribution in [2.45, 2.75) is 5.60 Å². The van der Waals surface area contributed by atoms with Crippen LogP contribution in [0, 0.1) is 0 Å². The van der Waals surface area contributed by atoms with E-state index in [9.17, 15) is 9.90 Å². The third-order valence-corrected chi connectivity index (χ3v) is 4.47. The van der Waals surface area contributed by atoms with E-state index in [2.05, 4.69) is 10.9 Å². The zero-order chi connectivity index (χ0) is 16.1. The Morgan fingerprint density at radius 2 is 1.57 bits per heavy atom. The molecule has 0 radical (unpaired) electrons. The first-order valence-corrected chi connectivity index (χ1v) is 8.02. The molecule has 3 N–H and O–H groups in total. The number of carbonyl (C=O) groups excluding carboxylic acids is 1. The standard InChI is InChI=1S/C18H16N2O2S/c21-17(20-19-15-10-5-2-6-11-15)18(22,16-12-7-13-23-16)14-8-3-1-4-9-14/h1-13,19,22H,(H,20,21). The second kappa shape index (κ2) is 6.64. The number of nitrogens with one attached hydrogen (secondary N) is 2. The number of carbonyl (C=O) groups is 1. The molecule has 5 heteroatoms. The molecule has 0 aliphatic heterocycles. The highest BCUT2D eigenvalue weighted by Crippen LogP contribution is 2.33. The molecule has 1 aromatic heterocycles. The van der Waals surface area contributed by atoms with Crippen LogP contribution in [0.1, 0.15) is 10.4 Å². The molecule has 0 aliphatic carbocycles. The van der Waals surface area contributed by atoms with Crippen LogP contribution in [0.3, 0.4) is 0 Å². The Kier molecular flexibility index (Phi) is 4.41. The number of hydrazine groups is 1. The number of hydrogen-bond acceptors (Lipinski definition) is 4. The first-order valence-electron chi connectivity index (χ1n) is 7.14. The first-order chi connectivity index (χ1) is 11.2. The second-order valence-corrected chi connectivity index (χ2v) is 5.95. The number of para-hydroxylation sites is 1. The zero-order valence-electron chi connectivity index (χ0n) is 12.3. The lowest BCUT2D eigenvalue weighted by Gasteiger charge is -2.26. The maximum atomic E-state index is 12.7. The van der Waals surface area contributed by atoms with Crippen molar-refractivity contribution in [1.82, 2.24) is 5.43 Å². The van der Waals surface area contributed by atoms with Gasteiger partial charge in [0, 0.05) is 0 Å². The molecule has 116 valence electrons. The van der Waals surface area contributed by atoms with Crippen LogP contribution in [0.2, 0.25) is 0 Å². The molecule has 23 heavy (non-hydrogen) atoms. The lowest BCUT2D eigenvalue weighted by atomic mass is 9.91. The molecule has 0 saturated carbocycles. The zero-order valence-corrected chi connectivity index (χ0v) is 13.1. The Balaban J connectivity index is 1.88. The summed E-state index contributed by atoms with van der Waals surface area (Å²) in [6.45, 7) is 0. The highest BCUT2D eigenvalue weighted by molar-refractivity contribution is 7.10. The molecule has 0 aliphatic rings. The van der Waals surface area contributed by atoms with E-state index in [0.717, 1.165) is 5.69 Å². The molecule has 0 bridgehead atoms. The molecular formula is C18H16N2O2S. The monoisotopic (exact) mass is 324 g/mol. The molecule has 3 rings (SSSR count). The van der Waals surface area contributed by atoms with Gasteiger partial charge in [-0.15, -0.1) is 11.3 Å². The van der Waals surface area contributed by atoms with Crippen molar-refractivity contribution in [2.75, 3.05) is 5.43 Å². The number of thiophene rings is 1. The Hall–Kier alpha value is -2.63. The number of hydrogen-bond donors (Lipinski definition) is 3.